The third-order valence-electron chi connectivity index (χ3n) is 2.64. The molecule has 0 fully saturated rings. The molecule has 1 aromatic carbocycles. The molecule has 4 nitrogen and oxygen atoms in total. The number of ether oxygens (including phenoxy) is 2. The fourth-order valence-corrected chi connectivity index (χ4v) is 1.82. The van der Waals surface area contributed by atoms with E-state index in [2.05, 4.69) is 0 Å². The largest absolute Gasteiger partial charge is 0.497 e. The van der Waals surface area contributed by atoms with Crippen molar-refractivity contribution in [3.63, 3.8) is 0 Å². The number of carbonyl (C=O) groups is 2. The second-order valence-corrected chi connectivity index (χ2v) is 4.17. The maximum Gasteiger partial charge on any atom is 0.345 e. The Kier molecular flexibility index (Phi) is 6.50. The average Bonchev–Trinajstić information content (AvgIpc) is 2.40. The van der Waals surface area contributed by atoms with Crippen LogP contribution < -0.4 is 0 Å². The Hall–Kier alpha value is -2.10. The zero-order chi connectivity index (χ0) is 15.0. The van der Waals surface area contributed by atoms with Gasteiger partial charge < -0.3 is 9.47 Å². The van der Waals surface area contributed by atoms with E-state index >= 15 is 0 Å². The van der Waals surface area contributed by atoms with Crippen molar-refractivity contribution in [2.24, 2.45) is 0 Å². The molecule has 1 rings (SSSR count). The van der Waals surface area contributed by atoms with Gasteiger partial charge in [0.1, 0.15) is 11.3 Å². The highest BCUT2D eigenvalue weighted by Gasteiger charge is 2.22. The van der Waals surface area contributed by atoms with Crippen LogP contribution in [0, 0.1) is 0 Å². The summed E-state index contributed by atoms with van der Waals surface area (Å²) in [6.45, 7) is 5.47. The van der Waals surface area contributed by atoms with E-state index in [0.717, 1.165) is 5.56 Å². The Morgan fingerprint density at radius 1 is 1.00 bits per heavy atom. The molecule has 20 heavy (non-hydrogen) atoms. The molecule has 0 unspecified atom stereocenters. The molecule has 0 bridgehead atoms. The summed E-state index contributed by atoms with van der Waals surface area (Å²) in [6, 6.07) is 9.54. The Morgan fingerprint density at radius 2 is 1.60 bits per heavy atom. The fourth-order valence-electron chi connectivity index (χ4n) is 1.82. The van der Waals surface area contributed by atoms with Crippen molar-refractivity contribution in [3.05, 3.63) is 47.2 Å². The number of hydrogen-bond donors (Lipinski definition) is 0. The van der Waals surface area contributed by atoms with E-state index in [1.807, 2.05) is 37.3 Å². The molecule has 0 spiro atoms. The number of benzene rings is 1. The second kappa shape index (κ2) is 8.15. The number of allylic oxidation sites excluding steroid dienone is 1. The Labute approximate surface area is 119 Å². The van der Waals surface area contributed by atoms with Gasteiger partial charge in [-0.2, -0.15) is 0 Å². The van der Waals surface area contributed by atoms with Gasteiger partial charge in [-0.3, -0.25) is 4.79 Å². The SMILES string of the molecule is CCOC(=O)/C(C(C)=O)=C(/Cc1ccccc1)OCC. The molecule has 0 aliphatic heterocycles. The quantitative estimate of drug-likeness (QED) is 0.252. The molecule has 4 heteroatoms. The van der Waals surface area contributed by atoms with E-state index in [1.54, 1.807) is 6.92 Å². The van der Waals surface area contributed by atoms with Crippen LogP contribution in [-0.2, 0) is 25.5 Å². The summed E-state index contributed by atoms with van der Waals surface area (Å²) < 4.78 is 10.4. The first-order chi connectivity index (χ1) is 9.60. The van der Waals surface area contributed by atoms with Gasteiger partial charge in [0.15, 0.2) is 5.78 Å². The Bertz CT molecular complexity index is 488. The van der Waals surface area contributed by atoms with Crippen LogP contribution >= 0.6 is 0 Å². The summed E-state index contributed by atoms with van der Waals surface area (Å²) in [7, 11) is 0. The minimum Gasteiger partial charge on any atom is -0.497 e. The monoisotopic (exact) mass is 276 g/mol. The highest BCUT2D eigenvalue weighted by atomic mass is 16.5. The van der Waals surface area contributed by atoms with Crippen molar-refractivity contribution in [2.75, 3.05) is 13.2 Å². The van der Waals surface area contributed by atoms with Crippen LogP contribution in [0.1, 0.15) is 26.3 Å². The van der Waals surface area contributed by atoms with Crippen LogP contribution in [0.4, 0.5) is 0 Å². The predicted molar refractivity (Wildman–Crippen MR) is 76.1 cm³/mol. The van der Waals surface area contributed by atoms with Gasteiger partial charge >= 0.3 is 5.97 Å². The van der Waals surface area contributed by atoms with Crippen molar-refractivity contribution in [2.45, 2.75) is 27.2 Å². The van der Waals surface area contributed by atoms with E-state index in [-0.39, 0.29) is 18.0 Å². The molecule has 1 aromatic rings. The summed E-state index contributed by atoms with van der Waals surface area (Å²) in [5.41, 5.74) is 0.969. The van der Waals surface area contributed by atoms with Gasteiger partial charge in [0.05, 0.1) is 13.2 Å². The maximum atomic E-state index is 11.9. The molecule has 0 heterocycles. The van der Waals surface area contributed by atoms with Gasteiger partial charge in [-0.25, -0.2) is 4.79 Å². The van der Waals surface area contributed by atoms with Gasteiger partial charge in [-0.05, 0) is 26.3 Å². The minimum absolute atomic E-state index is 0.00227. The number of ketones is 1. The van der Waals surface area contributed by atoms with E-state index in [1.165, 1.54) is 6.92 Å². The van der Waals surface area contributed by atoms with E-state index in [4.69, 9.17) is 9.47 Å². The van der Waals surface area contributed by atoms with Crippen LogP contribution in [0.2, 0.25) is 0 Å². The molecule has 0 aliphatic carbocycles. The van der Waals surface area contributed by atoms with E-state index in [9.17, 15) is 9.59 Å². The predicted octanol–water partition coefficient (Wildman–Crippen LogP) is 2.67. The third kappa shape index (κ3) is 4.53. The number of esters is 1. The Balaban J connectivity index is 3.13. The fraction of sp³-hybridized carbons (Fsp3) is 0.375. The maximum absolute atomic E-state index is 11.9. The Morgan fingerprint density at radius 3 is 2.10 bits per heavy atom. The molecule has 0 atom stereocenters. The number of Topliss-reactive ketones (excluding diaryl/α,β-unsaturated/α-hetero) is 1. The van der Waals surface area contributed by atoms with Gasteiger partial charge in [0.25, 0.3) is 0 Å². The van der Waals surface area contributed by atoms with Gasteiger partial charge in [0.2, 0.25) is 0 Å². The van der Waals surface area contributed by atoms with Crippen molar-refractivity contribution in [1.82, 2.24) is 0 Å². The molecule has 0 saturated carbocycles. The van der Waals surface area contributed by atoms with Gasteiger partial charge in [0, 0.05) is 6.42 Å². The highest BCUT2D eigenvalue weighted by Crippen LogP contribution is 2.16. The molecular weight excluding hydrogens is 256 g/mol. The van der Waals surface area contributed by atoms with Crippen LogP contribution in [0.5, 0.6) is 0 Å². The van der Waals surface area contributed by atoms with Gasteiger partial charge in [-0.1, -0.05) is 30.3 Å². The summed E-state index contributed by atoms with van der Waals surface area (Å²) >= 11 is 0. The first-order valence-corrected chi connectivity index (χ1v) is 6.68. The molecule has 0 N–H and O–H groups in total. The van der Waals surface area contributed by atoms with Crippen LogP contribution in [0.3, 0.4) is 0 Å². The standard InChI is InChI=1S/C16H20O4/c1-4-19-14(11-13-9-7-6-8-10-13)15(12(3)17)16(18)20-5-2/h6-10H,4-5,11H2,1-3H3/b15-14-. The molecule has 108 valence electrons. The van der Waals surface area contributed by atoms with Crippen LogP contribution in [-0.4, -0.2) is 25.0 Å². The summed E-state index contributed by atoms with van der Waals surface area (Å²) in [6.07, 6.45) is 0.391. The molecule has 0 aromatic heterocycles. The third-order valence-corrected chi connectivity index (χ3v) is 2.64. The minimum atomic E-state index is -0.626. The lowest BCUT2D eigenvalue weighted by atomic mass is 10.0. The molecule has 0 saturated heterocycles. The number of carbonyl (C=O) groups excluding carboxylic acids is 2. The molecule has 0 amide bonds. The summed E-state index contributed by atoms with van der Waals surface area (Å²) in [5.74, 6) is -0.605. The topological polar surface area (TPSA) is 52.6 Å². The second-order valence-electron chi connectivity index (χ2n) is 4.17. The first kappa shape index (κ1) is 16.0. The molecular formula is C16H20O4. The summed E-state index contributed by atoms with van der Waals surface area (Å²) in [4.78, 5) is 23.6. The van der Waals surface area contributed by atoms with E-state index < -0.39 is 5.97 Å². The zero-order valence-electron chi connectivity index (χ0n) is 12.1. The lowest BCUT2D eigenvalue weighted by Crippen LogP contribution is -2.18. The van der Waals surface area contributed by atoms with Crippen molar-refractivity contribution < 1.29 is 19.1 Å². The normalized spacial score (nSPS) is 11.6. The van der Waals surface area contributed by atoms with Crippen molar-refractivity contribution in [3.8, 4) is 0 Å². The number of rotatable bonds is 7. The molecule has 0 aliphatic rings. The smallest absolute Gasteiger partial charge is 0.345 e. The first-order valence-electron chi connectivity index (χ1n) is 6.68. The lowest BCUT2D eigenvalue weighted by Gasteiger charge is -2.13. The van der Waals surface area contributed by atoms with Crippen molar-refractivity contribution >= 4 is 11.8 Å². The number of hydrogen-bond acceptors (Lipinski definition) is 4. The van der Waals surface area contributed by atoms with Crippen LogP contribution in [0.15, 0.2) is 41.7 Å². The van der Waals surface area contributed by atoms with Crippen LogP contribution in [0.25, 0.3) is 0 Å². The van der Waals surface area contributed by atoms with Gasteiger partial charge in [-0.15, -0.1) is 0 Å². The lowest BCUT2D eigenvalue weighted by molar-refractivity contribution is -0.140. The molecule has 0 radical (unpaired) electrons. The average molecular weight is 276 g/mol. The zero-order valence-corrected chi connectivity index (χ0v) is 12.1. The summed E-state index contributed by atoms with van der Waals surface area (Å²) in [5, 5.41) is 0. The van der Waals surface area contributed by atoms with E-state index in [0.29, 0.717) is 18.8 Å². The highest BCUT2D eigenvalue weighted by molar-refractivity contribution is 6.16. The van der Waals surface area contributed by atoms with Crippen molar-refractivity contribution in [1.29, 1.82) is 0 Å².